The first-order chi connectivity index (χ1) is 6.11. The summed E-state index contributed by atoms with van der Waals surface area (Å²) in [6.45, 7) is 2.16. The predicted molar refractivity (Wildman–Crippen MR) is 48.5 cm³/mol. The number of carboxylic acid groups (broad SMARTS) is 1. The van der Waals surface area contributed by atoms with Crippen LogP contribution in [0.15, 0.2) is 18.3 Å². The molecule has 0 radical (unpaired) electrons. The van der Waals surface area contributed by atoms with Gasteiger partial charge in [-0.2, -0.15) is 0 Å². The summed E-state index contributed by atoms with van der Waals surface area (Å²) in [5.41, 5.74) is 1.39. The maximum absolute atomic E-state index is 9.00. The molecule has 0 bridgehead atoms. The molecule has 4 nitrogen and oxygen atoms in total. The van der Waals surface area contributed by atoms with Gasteiger partial charge in [-0.1, -0.05) is 6.92 Å². The molecule has 0 aliphatic heterocycles. The highest BCUT2D eigenvalue weighted by Crippen LogP contribution is 1.98. The van der Waals surface area contributed by atoms with E-state index < -0.39 is 5.97 Å². The van der Waals surface area contributed by atoms with Crippen molar-refractivity contribution in [1.29, 1.82) is 0 Å². The first-order valence-electron chi connectivity index (χ1n) is 3.90. The van der Waals surface area contributed by atoms with E-state index in [-0.39, 0.29) is 6.29 Å². The van der Waals surface area contributed by atoms with Crippen LogP contribution in [0.5, 0.6) is 0 Å². The van der Waals surface area contributed by atoms with Crippen LogP contribution in [0.25, 0.3) is 0 Å². The lowest BCUT2D eigenvalue weighted by Crippen LogP contribution is -1.91. The van der Waals surface area contributed by atoms with E-state index in [1.807, 2.05) is 0 Å². The Bertz CT molecular complexity index is 278. The van der Waals surface area contributed by atoms with E-state index >= 15 is 0 Å². The van der Waals surface area contributed by atoms with Gasteiger partial charge in [-0.15, -0.1) is 0 Å². The zero-order valence-corrected chi connectivity index (χ0v) is 7.73. The van der Waals surface area contributed by atoms with Gasteiger partial charge in [0.15, 0.2) is 0 Å². The van der Waals surface area contributed by atoms with E-state index in [4.69, 9.17) is 14.7 Å². The molecule has 0 unspecified atom stereocenters. The first kappa shape index (κ1) is 11.4. The molecule has 0 aliphatic carbocycles. The number of aldehydes is 1. The second-order valence-corrected chi connectivity index (χ2v) is 2.42. The van der Waals surface area contributed by atoms with E-state index in [0.717, 1.165) is 6.42 Å². The van der Waals surface area contributed by atoms with Crippen molar-refractivity contribution < 1.29 is 14.7 Å². The zero-order chi connectivity index (χ0) is 10.3. The fourth-order valence-electron chi connectivity index (χ4n) is 0.864. The third kappa shape index (κ3) is 4.79. The Balaban J connectivity index is 0.000000252. The molecule has 1 rings (SSSR count). The van der Waals surface area contributed by atoms with Gasteiger partial charge in [0, 0.05) is 18.9 Å². The third-order valence-corrected chi connectivity index (χ3v) is 1.51. The second-order valence-electron chi connectivity index (χ2n) is 2.42. The van der Waals surface area contributed by atoms with Gasteiger partial charge in [0.25, 0.3) is 0 Å². The van der Waals surface area contributed by atoms with Gasteiger partial charge in [0.1, 0.15) is 0 Å². The van der Waals surface area contributed by atoms with E-state index in [1.165, 1.54) is 5.69 Å². The Morgan fingerprint density at radius 2 is 2.23 bits per heavy atom. The summed E-state index contributed by atoms with van der Waals surface area (Å²) in [7, 11) is 2.07. The van der Waals surface area contributed by atoms with Crippen LogP contribution in [-0.4, -0.2) is 21.9 Å². The number of rotatable bonds is 2. The molecule has 0 saturated heterocycles. The van der Waals surface area contributed by atoms with Gasteiger partial charge in [0.2, 0.25) is 6.29 Å². The highest BCUT2D eigenvalue weighted by Gasteiger charge is 1.88. The van der Waals surface area contributed by atoms with Crippen molar-refractivity contribution in [2.45, 2.75) is 13.3 Å². The Hall–Kier alpha value is -1.58. The van der Waals surface area contributed by atoms with Crippen molar-refractivity contribution in [2.75, 3.05) is 0 Å². The number of aliphatic carboxylic acids is 1. The minimum absolute atomic E-state index is 0.167. The molecule has 0 aromatic carbocycles. The summed E-state index contributed by atoms with van der Waals surface area (Å²) in [5.74, 6) is -1.43. The van der Waals surface area contributed by atoms with Crippen molar-refractivity contribution >= 4 is 12.3 Å². The number of carbonyl (C=O) groups is 2. The van der Waals surface area contributed by atoms with Gasteiger partial charge in [-0.25, -0.2) is 4.79 Å². The van der Waals surface area contributed by atoms with Crippen LogP contribution in [0, 0.1) is 0 Å². The van der Waals surface area contributed by atoms with Crippen LogP contribution in [-0.2, 0) is 23.1 Å². The summed E-state index contributed by atoms with van der Waals surface area (Å²) in [5, 5.41) is 7.35. The molecule has 0 aliphatic rings. The van der Waals surface area contributed by atoms with Crippen LogP contribution in [0.2, 0.25) is 0 Å². The normalized spacial score (nSPS) is 8.46. The Labute approximate surface area is 76.8 Å². The summed E-state index contributed by atoms with van der Waals surface area (Å²) in [4.78, 5) is 17.9. The topological polar surface area (TPSA) is 59.3 Å². The molecule has 1 aromatic heterocycles. The smallest absolute Gasteiger partial charge is 0.368 e. The highest BCUT2D eigenvalue weighted by atomic mass is 16.4. The predicted octanol–water partition coefficient (Wildman–Crippen LogP) is 0.857. The molecule has 4 heteroatoms. The van der Waals surface area contributed by atoms with Crippen molar-refractivity contribution in [1.82, 2.24) is 4.57 Å². The maximum atomic E-state index is 9.00. The number of carboxylic acids is 1. The summed E-state index contributed by atoms with van der Waals surface area (Å²) >= 11 is 0. The average Bonchev–Trinajstić information content (AvgIpc) is 2.52. The minimum atomic E-state index is -1.43. The molecule has 0 saturated carbocycles. The lowest BCUT2D eigenvalue weighted by atomic mass is 10.3. The molecule has 0 spiro atoms. The molecule has 1 N–H and O–H groups in total. The van der Waals surface area contributed by atoms with Crippen LogP contribution in [0.4, 0.5) is 0 Å². The first-order valence-corrected chi connectivity index (χ1v) is 3.90. The molecule has 0 amide bonds. The van der Waals surface area contributed by atoms with Crippen molar-refractivity contribution in [3.63, 3.8) is 0 Å². The summed E-state index contributed by atoms with van der Waals surface area (Å²) in [6, 6.07) is 4.21. The summed E-state index contributed by atoms with van der Waals surface area (Å²) in [6.07, 6.45) is 3.03. The SMILES string of the molecule is CCc1cccn1C.O=CC(=O)O. The monoisotopic (exact) mass is 183 g/mol. The lowest BCUT2D eigenvalue weighted by molar-refractivity contribution is -0.143. The molecule has 0 atom stereocenters. The van der Waals surface area contributed by atoms with Crippen molar-refractivity contribution in [3.8, 4) is 0 Å². The quantitative estimate of drug-likeness (QED) is 0.546. The fraction of sp³-hybridized carbons (Fsp3) is 0.333. The molecule has 1 heterocycles. The van der Waals surface area contributed by atoms with Gasteiger partial charge < -0.3 is 9.67 Å². The van der Waals surface area contributed by atoms with Crippen LogP contribution in [0.3, 0.4) is 0 Å². The van der Waals surface area contributed by atoms with Gasteiger partial charge >= 0.3 is 5.97 Å². The molecule has 13 heavy (non-hydrogen) atoms. The van der Waals surface area contributed by atoms with Crippen molar-refractivity contribution in [2.24, 2.45) is 7.05 Å². The van der Waals surface area contributed by atoms with E-state index in [9.17, 15) is 0 Å². The van der Waals surface area contributed by atoms with E-state index in [1.54, 1.807) is 0 Å². The van der Waals surface area contributed by atoms with Gasteiger partial charge in [0.05, 0.1) is 0 Å². The Morgan fingerprint density at radius 3 is 2.38 bits per heavy atom. The number of aromatic nitrogens is 1. The highest BCUT2D eigenvalue weighted by molar-refractivity contribution is 6.19. The number of carbonyl (C=O) groups excluding carboxylic acids is 1. The average molecular weight is 183 g/mol. The molecular weight excluding hydrogens is 170 g/mol. The molecule has 0 fully saturated rings. The molecule has 72 valence electrons. The summed E-state index contributed by atoms with van der Waals surface area (Å²) < 4.78 is 2.14. The standard InChI is InChI=1S/C7H11N.C2H2O3/c1-3-7-5-4-6-8(7)2;3-1-2(4)5/h4-6H,3H2,1-2H3;1H,(H,4,5). The number of nitrogens with zero attached hydrogens (tertiary/aromatic N) is 1. The third-order valence-electron chi connectivity index (χ3n) is 1.51. The van der Waals surface area contributed by atoms with Gasteiger partial charge in [-0.3, -0.25) is 4.79 Å². The fourth-order valence-corrected chi connectivity index (χ4v) is 0.864. The van der Waals surface area contributed by atoms with Gasteiger partial charge in [-0.05, 0) is 18.6 Å². The van der Waals surface area contributed by atoms with E-state index in [2.05, 4.69) is 36.9 Å². The lowest BCUT2D eigenvalue weighted by Gasteiger charge is -1.95. The van der Waals surface area contributed by atoms with E-state index in [0.29, 0.717) is 0 Å². The Morgan fingerprint density at radius 1 is 1.69 bits per heavy atom. The number of hydrogen-bond donors (Lipinski definition) is 1. The maximum Gasteiger partial charge on any atom is 0.368 e. The number of aryl methyl sites for hydroxylation is 2. The Kier molecular flexibility index (Phi) is 5.27. The van der Waals surface area contributed by atoms with Crippen molar-refractivity contribution in [3.05, 3.63) is 24.0 Å². The number of hydrogen-bond acceptors (Lipinski definition) is 2. The molecular formula is C9H13NO3. The minimum Gasteiger partial charge on any atom is -0.476 e. The zero-order valence-electron chi connectivity index (χ0n) is 7.73. The van der Waals surface area contributed by atoms with Crippen LogP contribution >= 0.6 is 0 Å². The second kappa shape index (κ2) is 5.99. The molecule has 1 aromatic rings. The van der Waals surface area contributed by atoms with Crippen LogP contribution in [0.1, 0.15) is 12.6 Å². The van der Waals surface area contributed by atoms with Crippen LogP contribution < -0.4 is 0 Å². The largest absolute Gasteiger partial charge is 0.476 e.